The molecule has 3 nitrogen and oxygen atoms in total. The molecule has 1 heterocycles. The summed E-state index contributed by atoms with van der Waals surface area (Å²) in [7, 11) is 3.27. The molecule has 0 saturated carbocycles. The lowest BCUT2D eigenvalue weighted by molar-refractivity contribution is 0.358. The fourth-order valence-corrected chi connectivity index (χ4v) is 2.06. The van der Waals surface area contributed by atoms with E-state index in [0.29, 0.717) is 17.4 Å². The van der Waals surface area contributed by atoms with Gasteiger partial charge in [0.25, 0.3) is 0 Å². The molecule has 0 aliphatic rings. The second-order valence-electron chi connectivity index (χ2n) is 4.25. The number of rotatable bonds is 3. The molecular formula is C14H17NO2. The van der Waals surface area contributed by atoms with Gasteiger partial charge in [-0.2, -0.15) is 0 Å². The van der Waals surface area contributed by atoms with E-state index in [-0.39, 0.29) is 0 Å². The van der Waals surface area contributed by atoms with Crippen LogP contribution in [-0.2, 0) is 0 Å². The Bertz CT molecular complexity index is 535. The topological polar surface area (TPSA) is 31.4 Å². The number of hydrogen-bond donors (Lipinski definition) is 0. The van der Waals surface area contributed by atoms with E-state index in [1.165, 1.54) is 5.56 Å². The normalized spacial score (nSPS) is 10.9. The fourth-order valence-electron chi connectivity index (χ4n) is 2.06. The Balaban J connectivity index is 2.78. The Morgan fingerprint density at radius 2 is 1.82 bits per heavy atom. The monoisotopic (exact) mass is 231 g/mol. The van der Waals surface area contributed by atoms with Gasteiger partial charge in [-0.15, -0.1) is 0 Å². The van der Waals surface area contributed by atoms with Crippen molar-refractivity contribution in [1.29, 1.82) is 0 Å². The molecule has 2 rings (SSSR count). The van der Waals surface area contributed by atoms with Crippen molar-refractivity contribution in [3.63, 3.8) is 0 Å². The minimum Gasteiger partial charge on any atom is -0.493 e. The van der Waals surface area contributed by atoms with Crippen LogP contribution in [0.3, 0.4) is 0 Å². The predicted molar refractivity (Wildman–Crippen MR) is 68.9 cm³/mol. The highest BCUT2D eigenvalue weighted by Gasteiger charge is 2.13. The molecule has 0 atom stereocenters. The van der Waals surface area contributed by atoms with Crippen LogP contribution in [0.15, 0.2) is 24.4 Å². The highest BCUT2D eigenvalue weighted by atomic mass is 16.5. The molecule has 0 fully saturated rings. The molecule has 0 aliphatic carbocycles. The van der Waals surface area contributed by atoms with Crippen LogP contribution in [0.4, 0.5) is 0 Å². The van der Waals surface area contributed by atoms with Crippen LogP contribution in [0.1, 0.15) is 25.3 Å². The summed E-state index contributed by atoms with van der Waals surface area (Å²) in [5.74, 6) is 1.87. The first kappa shape index (κ1) is 11.7. The lowest BCUT2D eigenvalue weighted by Crippen LogP contribution is -1.96. The Morgan fingerprint density at radius 3 is 2.41 bits per heavy atom. The number of pyridine rings is 1. The van der Waals surface area contributed by atoms with E-state index in [2.05, 4.69) is 24.9 Å². The third-order valence-corrected chi connectivity index (χ3v) is 2.91. The number of aromatic nitrogens is 1. The van der Waals surface area contributed by atoms with E-state index >= 15 is 0 Å². The maximum absolute atomic E-state index is 5.40. The molecule has 17 heavy (non-hydrogen) atoms. The van der Waals surface area contributed by atoms with Crippen molar-refractivity contribution in [2.45, 2.75) is 19.8 Å². The van der Waals surface area contributed by atoms with E-state index in [4.69, 9.17) is 9.47 Å². The van der Waals surface area contributed by atoms with Crippen LogP contribution in [-0.4, -0.2) is 19.2 Å². The van der Waals surface area contributed by atoms with Crippen molar-refractivity contribution in [3.8, 4) is 11.5 Å². The van der Waals surface area contributed by atoms with Crippen molar-refractivity contribution in [2.75, 3.05) is 14.2 Å². The van der Waals surface area contributed by atoms with Gasteiger partial charge < -0.3 is 9.47 Å². The lowest BCUT2D eigenvalue weighted by Gasteiger charge is -2.13. The predicted octanol–water partition coefficient (Wildman–Crippen LogP) is 3.38. The molecule has 0 unspecified atom stereocenters. The van der Waals surface area contributed by atoms with Crippen molar-refractivity contribution in [2.24, 2.45) is 0 Å². The van der Waals surface area contributed by atoms with Gasteiger partial charge in [0.15, 0.2) is 11.5 Å². The summed E-state index contributed by atoms with van der Waals surface area (Å²) < 4.78 is 10.7. The zero-order chi connectivity index (χ0) is 12.4. The standard InChI is InChI=1S/C14H17NO2/c1-9(2)10-7-8-15-13-11(10)5-6-12(16-3)14(13)17-4/h5-9H,1-4H3. The van der Waals surface area contributed by atoms with Gasteiger partial charge in [-0.3, -0.25) is 4.98 Å². The number of ether oxygens (including phenoxy) is 2. The Labute approximate surface area is 101 Å². The first-order chi connectivity index (χ1) is 8.19. The molecule has 0 saturated heterocycles. The average Bonchev–Trinajstić information content (AvgIpc) is 2.36. The molecule has 1 aromatic carbocycles. The second-order valence-corrected chi connectivity index (χ2v) is 4.25. The number of benzene rings is 1. The molecule has 0 N–H and O–H groups in total. The van der Waals surface area contributed by atoms with Crippen LogP contribution in [0.25, 0.3) is 10.9 Å². The van der Waals surface area contributed by atoms with Gasteiger partial charge in [0.1, 0.15) is 5.52 Å². The summed E-state index contributed by atoms with van der Waals surface area (Å²) in [6.45, 7) is 4.34. The van der Waals surface area contributed by atoms with E-state index in [1.807, 2.05) is 18.3 Å². The number of methoxy groups -OCH3 is 2. The van der Waals surface area contributed by atoms with E-state index in [9.17, 15) is 0 Å². The van der Waals surface area contributed by atoms with Crippen LogP contribution in [0.5, 0.6) is 11.5 Å². The molecule has 0 spiro atoms. The minimum atomic E-state index is 0.457. The fraction of sp³-hybridized carbons (Fsp3) is 0.357. The van der Waals surface area contributed by atoms with Crippen molar-refractivity contribution < 1.29 is 9.47 Å². The van der Waals surface area contributed by atoms with Gasteiger partial charge in [-0.05, 0) is 29.7 Å². The number of fused-ring (bicyclic) bond motifs is 1. The van der Waals surface area contributed by atoms with E-state index < -0.39 is 0 Å². The summed E-state index contributed by atoms with van der Waals surface area (Å²) in [5, 5.41) is 1.13. The maximum Gasteiger partial charge on any atom is 0.187 e. The highest BCUT2D eigenvalue weighted by molar-refractivity contribution is 5.90. The third-order valence-electron chi connectivity index (χ3n) is 2.91. The molecule has 0 amide bonds. The quantitative estimate of drug-likeness (QED) is 0.811. The molecule has 90 valence electrons. The highest BCUT2D eigenvalue weighted by Crippen LogP contribution is 2.36. The van der Waals surface area contributed by atoms with Crippen molar-refractivity contribution in [3.05, 3.63) is 30.0 Å². The SMILES string of the molecule is COc1ccc2c(C(C)C)ccnc2c1OC. The lowest BCUT2D eigenvalue weighted by atomic mass is 9.99. The zero-order valence-corrected chi connectivity index (χ0v) is 10.7. The largest absolute Gasteiger partial charge is 0.493 e. The molecule has 0 radical (unpaired) electrons. The summed E-state index contributed by atoms with van der Waals surface area (Å²) in [4.78, 5) is 4.40. The minimum absolute atomic E-state index is 0.457. The second kappa shape index (κ2) is 4.62. The van der Waals surface area contributed by atoms with Gasteiger partial charge in [0, 0.05) is 11.6 Å². The van der Waals surface area contributed by atoms with E-state index in [0.717, 1.165) is 10.9 Å². The molecule has 0 aliphatic heterocycles. The Morgan fingerprint density at radius 1 is 1.06 bits per heavy atom. The summed E-state index contributed by atoms with van der Waals surface area (Å²) in [6, 6.07) is 6.02. The smallest absolute Gasteiger partial charge is 0.187 e. The van der Waals surface area contributed by atoms with E-state index in [1.54, 1.807) is 14.2 Å². The van der Waals surface area contributed by atoms with Gasteiger partial charge in [-0.1, -0.05) is 13.8 Å². The molecule has 1 aromatic heterocycles. The summed E-state index contributed by atoms with van der Waals surface area (Å²) in [5.41, 5.74) is 2.13. The van der Waals surface area contributed by atoms with Gasteiger partial charge in [-0.25, -0.2) is 0 Å². The van der Waals surface area contributed by atoms with Crippen LogP contribution >= 0.6 is 0 Å². The number of hydrogen-bond acceptors (Lipinski definition) is 3. The average molecular weight is 231 g/mol. The van der Waals surface area contributed by atoms with Gasteiger partial charge in [0.05, 0.1) is 14.2 Å². The summed E-state index contributed by atoms with van der Waals surface area (Å²) in [6.07, 6.45) is 1.82. The molecule has 0 bridgehead atoms. The molecule has 3 heteroatoms. The summed E-state index contributed by atoms with van der Waals surface area (Å²) >= 11 is 0. The van der Waals surface area contributed by atoms with Crippen LogP contribution < -0.4 is 9.47 Å². The van der Waals surface area contributed by atoms with Gasteiger partial charge in [0.2, 0.25) is 0 Å². The number of nitrogens with zero attached hydrogens (tertiary/aromatic N) is 1. The first-order valence-electron chi connectivity index (χ1n) is 5.68. The van der Waals surface area contributed by atoms with Crippen LogP contribution in [0, 0.1) is 0 Å². The van der Waals surface area contributed by atoms with Crippen molar-refractivity contribution in [1.82, 2.24) is 4.98 Å². The zero-order valence-electron chi connectivity index (χ0n) is 10.7. The maximum atomic E-state index is 5.40. The Kier molecular flexibility index (Phi) is 3.18. The van der Waals surface area contributed by atoms with Crippen molar-refractivity contribution >= 4 is 10.9 Å². The van der Waals surface area contributed by atoms with Gasteiger partial charge >= 0.3 is 0 Å². The molecular weight excluding hydrogens is 214 g/mol. The third kappa shape index (κ3) is 1.93. The van der Waals surface area contributed by atoms with Crippen LogP contribution in [0.2, 0.25) is 0 Å². The molecule has 2 aromatic rings. The Hall–Kier alpha value is -1.77. The first-order valence-corrected chi connectivity index (χ1v) is 5.68.